The van der Waals surface area contributed by atoms with E-state index in [0.717, 1.165) is 5.56 Å². The molecule has 3 aromatic rings. The van der Waals surface area contributed by atoms with Gasteiger partial charge in [-0.3, -0.25) is 10.1 Å². The molecular weight excluding hydrogens is 409 g/mol. The number of rotatable bonds is 7. The van der Waals surface area contributed by atoms with Crippen molar-refractivity contribution < 1.29 is 13.9 Å². The Morgan fingerprint density at radius 3 is 2.89 bits per heavy atom. The highest BCUT2D eigenvalue weighted by atomic mass is 35.5. The standard InChI is InChI=1S/C18H15ClFN3O2S2/c1-11-8-13(6-7-14(11)19)25-9-16(24)21-17-22-23-18(27-17)26-10-12-4-2-3-5-15(12)20/h2-8H,9-10H2,1H3,(H,21,22,24). The zero-order valence-electron chi connectivity index (χ0n) is 14.2. The SMILES string of the molecule is Cc1cc(OCC(=O)Nc2nnc(SCc3ccccc3F)s2)ccc1Cl. The zero-order chi connectivity index (χ0) is 19.2. The smallest absolute Gasteiger partial charge is 0.264 e. The summed E-state index contributed by atoms with van der Waals surface area (Å²) in [5, 5.41) is 11.6. The normalized spacial score (nSPS) is 10.6. The lowest BCUT2D eigenvalue weighted by atomic mass is 10.2. The van der Waals surface area contributed by atoms with Crippen molar-refractivity contribution in [3.8, 4) is 5.75 Å². The summed E-state index contributed by atoms with van der Waals surface area (Å²) in [7, 11) is 0. The number of thioether (sulfide) groups is 1. The fourth-order valence-electron chi connectivity index (χ4n) is 2.08. The molecule has 1 aromatic heterocycles. The molecule has 0 aliphatic heterocycles. The van der Waals surface area contributed by atoms with E-state index in [9.17, 15) is 9.18 Å². The maximum atomic E-state index is 13.6. The fraction of sp³-hybridized carbons (Fsp3) is 0.167. The van der Waals surface area contributed by atoms with Gasteiger partial charge in [0.25, 0.3) is 5.91 Å². The third kappa shape index (κ3) is 5.66. The Kier molecular flexibility index (Phi) is 6.65. The molecule has 2 aromatic carbocycles. The van der Waals surface area contributed by atoms with Gasteiger partial charge in [-0.1, -0.05) is 52.9 Å². The number of carbonyl (C=O) groups excluding carboxylic acids is 1. The molecule has 0 spiro atoms. The second-order valence-corrected chi connectivity index (χ2v) is 8.11. The monoisotopic (exact) mass is 423 g/mol. The van der Waals surface area contributed by atoms with Crippen molar-refractivity contribution >= 4 is 45.7 Å². The molecule has 3 rings (SSSR count). The minimum atomic E-state index is -0.343. The van der Waals surface area contributed by atoms with E-state index in [0.29, 0.717) is 31.6 Å². The Balaban J connectivity index is 1.48. The zero-order valence-corrected chi connectivity index (χ0v) is 16.6. The summed E-state index contributed by atoms with van der Waals surface area (Å²) in [6.07, 6.45) is 0. The lowest BCUT2D eigenvalue weighted by molar-refractivity contribution is -0.118. The minimum absolute atomic E-state index is 0.154. The van der Waals surface area contributed by atoms with Crippen LogP contribution in [0.25, 0.3) is 0 Å². The Hall–Kier alpha value is -2.16. The van der Waals surface area contributed by atoms with Gasteiger partial charge in [0.2, 0.25) is 5.13 Å². The van der Waals surface area contributed by atoms with E-state index >= 15 is 0 Å². The molecule has 140 valence electrons. The lowest BCUT2D eigenvalue weighted by Gasteiger charge is -2.07. The van der Waals surface area contributed by atoms with Gasteiger partial charge in [-0.15, -0.1) is 10.2 Å². The molecule has 0 aliphatic carbocycles. The summed E-state index contributed by atoms with van der Waals surface area (Å²) >= 11 is 8.54. The molecule has 5 nitrogen and oxygen atoms in total. The van der Waals surface area contributed by atoms with E-state index in [1.165, 1.54) is 29.2 Å². The predicted molar refractivity (Wildman–Crippen MR) is 106 cm³/mol. The highest BCUT2D eigenvalue weighted by Gasteiger charge is 2.11. The van der Waals surface area contributed by atoms with Gasteiger partial charge in [-0.25, -0.2) is 4.39 Å². The van der Waals surface area contributed by atoms with E-state index in [4.69, 9.17) is 16.3 Å². The largest absolute Gasteiger partial charge is 0.484 e. The van der Waals surface area contributed by atoms with Crippen LogP contribution in [0.2, 0.25) is 5.02 Å². The van der Waals surface area contributed by atoms with E-state index < -0.39 is 0 Å². The molecule has 1 heterocycles. The van der Waals surface area contributed by atoms with Crippen LogP contribution in [0.3, 0.4) is 0 Å². The van der Waals surface area contributed by atoms with E-state index in [1.54, 1.807) is 36.4 Å². The van der Waals surface area contributed by atoms with Gasteiger partial charge in [0.05, 0.1) is 0 Å². The van der Waals surface area contributed by atoms with Crippen molar-refractivity contribution in [2.75, 3.05) is 11.9 Å². The number of amides is 1. The van der Waals surface area contributed by atoms with Gasteiger partial charge in [-0.05, 0) is 42.3 Å². The van der Waals surface area contributed by atoms with Gasteiger partial charge in [0.1, 0.15) is 11.6 Å². The number of hydrogen-bond acceptors (Lipinski definition) is 6. The molecule has 1 amide bonds. The first-order valence-corrected chi connectivity index (χ1v) is 10.1. The summed E-state index contributed by atoms with van der Waals surface area (Å²) in [6.45, 7) is 1.70. The summed E-state index contributed by atoms with van der Waals surface area (Å²) in [6, 6.07) is 11.8. The maximum Gasteiger partial charge on any atom is 0.264 e. The average Bonchev–Trinajstić information content (AvgIpc) is 3.09. The van der Waals surface area contributed by atoms with Crippen molar-refractivity contribution in [2.45, 2.75) is 17.0 Å². The highest BCUT2D eigenvalue weighted by molar-refractivity contribution is 8.00. The van der Waals surface area contributed by atoms with Crippen LogP contribution in [-0.4, -0.2) is 22.7 Å². The van der Waals surface area contributed by atoms with E-state index in [2.05, 4.69) is 15.5 Å². The second-order valence-electron chi connectivity index (χ2n) is 5.50. The number of hydrogen-bond donors (Lipinski definition) is 1. The number of halogens is 2. The molecule has 1 N–H and O–H groups in total. The van der Waals surface area contributed by atoms with Crippen molar-refractivity contribution in [1.29, 1.82) is 0 Å². The molecule has 0 radical (unpaired) electrons. The number of benzene rings is 2. The summed E-state index contributed by atoms with van der Waals surface area (Å²) in [5.74, 6) is 0.404. The summed E-state index contributed by atoms with van der Waals surface area (Å²) < 4.78 is 19.7. The Morgan fingerprint density at radius 2 is 2.11 bits per heavy atom. The summed E-state index contributed by atoms with van der Waals surface area (Å²) in [5.41, 5.74) is 1.46. The van der Waals surface area contributed by atoms with Gasteiger partial charge in [0, 0.05) is 10.8 Å². The number of carbonyl (C=O) groups is 1. The van der Waals surface area contributed by atoms with Crippen LogP contribution >= 0.6 is 34.7 Å². The third-order valence-corrected chi connectivity index (χ3v) is 5.91. The van der Waals surface area contributed by atoms with E-state index in [-0.39, 0.29) is 18.3 Å². The number of ether oxygens (including phenoxy) is 1. The highest BCUT2D eigenvalue weighted by Crippen LogP contribution is 2.29. The topological polar surface area (TPSA) is 64.1 Å². The average molecular weight is 424 g/mol. The molecule has 0 aliphatic rings. The molecule has 0 atom stereocenters. The van der Waals surface area contributed by atoms with Gasteiger partial charge in [0.15, 0.2) is 10.9 Å². The van der Waals surface area contributed by atoms with Crippen LogP contribution in [0, 0.1) is 12.7 Å². The minimum Gasteiger partial charge on any atom is -0.484 e. The number of nitrogens with zero attached hydrogens (tertiary/aromatic N) is 2. The number of aryl methyl sites for hydroxylation is 1. The molecule has 0 saturated carbocycles. The fourth-order valence-corrected chi connectivity index (χ4v) is 3.96. The van der Waals surface area contributed by atoms with Gasteiger partial charge < -0.3 is 4.74 Å². The van der Waals surface area contributed by atoms with Crippen LogP contribution in [0.4, 0.5) is 9.52 Å². The van der Waals surface area contributed by atoms with Crippen molar-refractivity contribution in [2.24, 2.45) is 0 Å². The Morgan fingerprint density at radius 1 is 1.30 bits per heavy atom. The van der Waals surface area contributed by atoms with Crippen molar-refractivity contribution in [3.05, 3.63) is 64.4 Å². The summed E-state index contributed by atoms with van der Waals surface area (Å²) in [4.78, 5) is 12.0. The van der Waals surface area contributed by atoms with Crippen LogP contribution in [0.15, 0.2) is 46.8 Å². The van der Waals surface area contributed by atoms with Crippen LogP contribution in [0.1, 0.15) is 11.1 Å². The maximum absolute atomic E-state index is 13.6. The van der Waals surface area contributed by atoms with Crippen LogP contribution in [0.5, 0.6) is 5.75 Å². The van der Waals surface area contributed by atoms with Crippen molar-refractivity contribution in [3.63, 3.8) is 0 Å². The molecule has 0 unspecified atom stereocenters. The van der Waals surface area contributed by atoms with E-state index in [1.807, 2.05) is 6.92 Å². The first-order chi connectivity index (χ1) is 13.0. The molecule has 27 heavy (non-hydrogen) atoms. The first kappa shape index (κ1) is 19.6. The second kappa shape index (κ2) is 9.16. The molecule has 0 fully saturated rings. The number of nitrogens with one attached hydrogen (secondary N) is 1. The van der Waals surface area contributed by atoms with Gasteiger partial charge in [-0.2, -0.15) is 0 Å². The number of aromatic nitrogens is 2. The lowest BCUT2D eigenvalue weighted by Crippen LogP contribution is -2.20. The Labute approximate surface area is 168 Å². The predicted octanol–water partition coefficient (Wildman–Crippen LogP) is 4.95. The molecular formula is C18H15ClFN3O2S2. The van der Waals surface area contributed by atoms with Crippen LogP contribution < -0.4 is 10.1 Å². The first-order valence-electron chi connectivity index (χ1n) is 7.90. The Bertz CT molecular complexity index is 952. The molecule has 9 heteroatoms. The molecule has 0 saturated heterocycles. The van der Waals surface area contributed by atoms with Gasteiger partial charge >= 0.3 is 0 Å². The van der Waals surface area contributed by atoms with Crippen LogP contribution in [-0.2, 0) is 10.5 Å². The molecule has 0 bridgehead atoms. The van der Waals surface area contributed by atoms with Crippen molar-refractivity contribution in [1.82, 2.24) is 10.2 Å². The number of anilines is 1. The third-order valence-electron chi connectivity index (χ3n) is 3.46. The quantitative estimate of drug-likeness (QED) is 0.430.